The molecule has 1 N–H and O–H groups in total. The second kappa shape index (κ2) is 6.58. The fourth-order valence-corrected chi connectivity index (χ4v) is 2.94. The number of carbonyl (C=O) groups excluding carboxylic acids is 1. The number of likely N-dealkylation sites (N-methyl/N-ethyl adjacent to an activating group) is 1. The van der Waals surface area contributed by atoms with E-state index >= 15 is 0 Å². The van der Waals surface area contributed by atoms with Gasteiger partial charge < -0.3 is 19.4 Å². The van der Waals surface area contributed by atoms with Gasteiger partial charge in [0.25, 0.3) is 5.91 Å². The molecule has 0 aromatic carbocycles. The number of aryl methyl sites for hydroxylation is 1. The number of aliphatic hydroxyl groups is 1. The van der Waals surface area contributed by atoms with Crippen molar-refractivity contribution in [3.63, 3.8) is 0 Å². The molecule has 0 saturated carbocycles. The second-order valence-corrected chi connectivity index (χ2v) is 6.22. The zero-order valence-electron chi connectivity index (χ0n) is 13.1. The Labute approximate surface area is 125 Å². The van der Waals surface area contributed by atoms with Crippen LogP contribution in [0.5, 0.6) is 0 Å². The van der Waals surface area contributed by atoms with Crippen LogP contribution in [0.25, 0.3) is 0 Å². The number of nitrogens with zero attached hydrogens (tertiary/aromatic N) is 3. The highest BCUT2D eigenvalue weighted by Crippen LogP contribution is 2.23. The van der Waals surface area contributed by atoms with Crippen molar-refractivity contribution < 1.29 is 14.4 Å². The minimum Gasteiger partial charge on any atom is -0.387 e. The van der Waals surface area contributed by atoms with Gasteiger partial charge in [-0.15, -0.1) is 0 Å². The molecule has 0 spiro atoms. The van der Waals surface area contributed by atoms with E-state index in [1.165, 1.54) is 0 Å². The molecule has 21 heavy (non-hydrogen) atoms. The Morgan fingerprint density at radius 2 is 2.33 bits per heavy atom. The average Bonchev–Trinajstić information content (AvgIpc) is 2.85. The van der Waals surface area contributed by atoms with Crippen LogP contribution in [0, 0.1) is 0 Å². The van der Waals surface area contributed by atoms with Gasteiger partial charge >= 0.3 is 0 Å². The molecule has 1 unspecified atom stereocenters. The monoisotopic (exact) mass is 295 g/mol. The second-order valence-electron chi connectivity index (χ2n) is 6.22. The number of aromatic nitrogens is 1. The van der Waals surface area contributed by atoms with Crippen LogP contribution < -0.4 is 0 Å². The van der Waals surface area contributed by atoms with Gasteiger partial charge in [0.15, 0.2) is 5.69 Å². The summed E-state index contributed by atoms with van der Waals surface area (Å²) in [6.45, 7) is 3.61. The Morgan fingerprint density at radius 3 is 3.00 bits per heavy atom. The number of amides is 1. The highest BCUT2D eigenvalue weighted by atomic mass is 16.5. The summed E-state index contributed by atoms with van der Waals surface area (Å²) in [5, 5.41) is 14.5. The Morgan fingerprint density at radius 1 is 1.57 bits per heavy atom. The maximum atomic E-state index is 12.5. The minimum atomic E-state index is -0.840. The number of rotatable bonds is 5. The Hall–Kier alpha value is -1.40. The van der Waals surface area contributed by atoms with Crippen LogP contribution in [0.4, 0.5) is 0 Å². The lowest BCUT2D eigenvalue weighted by atomic mass is 9.92. The Bertz CT molecular complexity index is 486. The third kappa shape index (κ3) is 4.04. The molecule has 1 fully saturated rings. The van der Waals surface area contributed by atoms with Crippen molar-refractivity contribution in [3.05, 3.63) is 17.5 Å². The van der Waals surface area contributed by atoms with Gasteiger partial charge in [-0.05, 0) is 33.4 Å². The first-order valence-corrected chi connectivity index (χ1v) is 7.55. The van der Waals surface area contributed by atoms with E-state index in [1.54, 1.807) is 11.0 Å². The number of likely N-dealkylation sites (tertiary alicyclic amines) is 1. The smallest absolute Gasteiger partial charge is 0.276 e. The summed E-state index contributed by atoms with van der Waals surface area (Å²) in [5.41, 5.74) is -0.500. The maximum Gasteiger partial charge on any atom is 0.276 e. The van der Waals surface area contributed by atoms with Gasteiger partial charge in [-0.1, -0.05) is 12.1 Å². The van der Waals surface area contributed by atoms with Crippen LogP contribution >= 0.6 is 0 Å². The first-order chi connectivity index (χ1) is 9.93. The molecule has 1 aromatic rings. The molecule has 1 aromatic heterocycles. The molecule has 1 aliphatic rings. The largest absolute Gasteiger partial charge is 0.387 e. The van der Waals surface area contributed by atoms with Crippen molar-refractivity contribution in [1.82, 2.24) is 15.0 Å². The van der Waals surface area contributed by atoms with E-state index in [2.05, 4.69) is 12.1 Å². The topological polar surface area (TPSA) is 69.8 Å². The van der Waals surface area contributed by atoms with E-state index < -0.39 is 5.60 Å². The zero-order chi connectivity index (χ0) is 15.5. The van der Waals surface area contributed by atoms with Gasteiger partial charge in [-0.3, -0.25) is 4.79 Å². The fourth-order valence-electron chi connectivity index (χ4n) is 2.94. The molecule has 2 rings (SSSR count). The predicted octanol–water partition coefficient (Wildman–Crippen LogP) is 1.16. The van der Waals surface area contributed by atoms with Crippen molar-refractivity contribution in [2.24, 2.45) is 0 Å². The summed E-state index contributed by atoms with van der Waals surface area (Å²) in [6, 6.07) is 1.71. The van der Waals surface area contributed by atoms with E-state index in [4.69, 9.17) is 4.52 Å². The number of β-amino-alcohol motifs (C(OH)–C–C–N with tert-alkyl or cyclic N) is 1. The molecule has 1 amide bonds. The molecule has 118 valence electrons. The van der Waals surface area contributed by atoms with E-state index in [0.29, 0.717) is 25.3 Å². The van der Waals surface area contributed by atoms with Crippen molar-refractivity contribution in [1.29, 1.82) is 0 Å². The molecule has 0 bridgehead atoms. The first kappa shape index (κ1) is 16.0. The first-order valence-electron chi connectivity index (χ1n) is 7.55. The van der Waals surface area contributed by atoms with Gasteiger partial charge in [0.2, 0.25) is 0 Å². The van der Waals surface area contributed by atoms with Crippen molar-refractivity contribution >= 4 is 5.91 Å². The van der Waals surface area contributed by atoms with Crippen LogP contribution in [0.2, 0.25) is 0 Å². The molecule has 1 aliphatic heterocycles. The van der Waals surface area contributed by atoms with E-state index in [0.717, 1.165) is 31.4 Å². The molecule has 6 heteroatoms. The Balaban J connectivity index is 2.04. The van der Waals surface area contributed by atoms with Crippen LogP contribution in [-0.4, -0.2) is 65.3 Å². The van der Waals surface area contributed by atoms with Crippen LogP contribution in [0.1, 0.15) is 42.4 Å². The number of hydrogen-bond acceptors (Lipinski definition) is 5. The summed E-state index contributed by atoms with van der Waals surface area (Å²) >= 11 is 0. The molecular weight excluding hydrogens is 270 g/mol. The lowest BCUT2D eigenvalue weighted by Gasteiger charge is -2.40. The number of carbonyl (C=O) groups is 1. The lowest BCUT2D eigenvalue weighted by molar-refractivity contribution is -0.0393. The third-order valence-corrected chi connectivity index (χ3v) is 3.73. The lowest BCUT2D eigenvalue weighted by Crippen LogP contribution is -2.54. The number of piperidine rings is 1. The van der Waals surface area contributed by atoms with Crippen LogP contribution in [0.3, 0.4) is 0 Å². The SMILES string of the molecule is CCCc1cc(C(=O)N2CCCC(O)(CN(C)C)C2)no1. The summed E-state index contributed by atoms with van der Waals surface area (Å²) in [4.78, 5) is 16.1. The van der Waals surface area contributed by atoms with E-state index in [-0.39, 0.29) is 5.91 Å². The van der Waals surface area contributed by atoms with Crippen LogP contribution in [-0.2, 0) is 6.42 Å². The summed E-state index contributed by atoms with van der Waals surface area (Å²) in [5.74, 6) is 0.583. The molecule has 0 radical (unpaired) electrons. The van der Waals surface area contributed by atoms with Gasteiger partial charge in [0.1, 0.15) is 5.76 Å². The third-order valence-electron chi connectivity index (χ3n) is 3.73. The molecule has 1 saturated heterocycles. The predicted molar refractivity (Wildman–Crippen MR) is 79.1 cm³/mol. The normalized spacial score (nSPS) is 22.8. The van der Waals surface area contributed by atoms with Gasteiger partial charge in [0, 0.05) is 25.6 Å². The van der Waals surface area contributed by atoms with Gasteiger partial charge in [-0.25, -0.2) is 0 Å². The van der Waals surface area contributed by atoms with Crippen molar-refractivity contribution in [2.75, 3.05) is 33.7 Å². The fraction of sp³-hybridized carbons (Fsp3) is 0.733. The summed E-state index contributed by atoms with van der Waals surface area (Å²) < 4.78 is 5.17. The molecule has 0 aliphatic carbocycles. The highest BCUT2D eigenvalue weighted by molar-refractivity contribution is 5.92. The standard InChI is InChI=1S/C15H25N3O3/c1-4-6-12-9-13(16-21-12)14(19)18-8-5-7-15(20,11-18)10-17(2)3/h9,20H,4-8,10-11H2,1-3H3. The summed E-state index contributed by atoms with van der Waals surface area (Å²) in [6.07, 6.45) is 3.25. The zero-order valence-corrected chi connectivity index (χ0v) is 13.1. The maximum absolute atomic E-state index is 12.5. The van der Waals surface area contributed by atoms with Crippen molar-refractivity contribution in [2.45, 2.75) is 38.2 Å². The Kier molecular flexibility index (Phi) is 5.00. The van der Waals surface area contributed by atoms with Gasteiger partial charge in [0.05, 0.1) is 12.1 Å². The summed E-state index contributed by atoms with van der Waals surface area (Å²) in [7, 11) is 3.85. The van der Waals surface area contributed by atoms with E-state index in [1.807, 2.05) is 19.0 Å². The number of hydrogen-bond donors (Lipinski definition) is 1. The van der Waals surface area contributed by atoms with Crippen LogP contribution in [0.15, 0.2) is 10.6 Å². The highest BCUT2D eigenvalue weighted by Gasteiger charge is 2.36. The van der Waals surface area contributed by atoms with Gasteiger partial charge in [-0.2, -0.15) is 0 Å². The molecule has 1 atom stereocenters. The van der Waals surface area contributed by atoms with E-state index in [9.17, 15) is 9.90 Å². The quantitative estimate of drug-likeness (QED) is 0.882. The molecule has 2 heterocycles. The van der Waals surface area contributed by atoms with Crippen molar-refractivity contribution in [3.8, 4) is 0 Å². The molecular formula is C15H25N3O3. The average molecular weight is 295 g/mol. The molecule has 6 nitrogen and oxygen atoms in total. The minimum absolute atomic E-state index is 0.155.